The van der Waals surface area contributed by atoms with Crippen molar-refractivity contribution in [1.82, 2.24) is 4.98 Å². The number of rotatable bonds is 10. The second-order valence-corrected chi connectivity index (χ2v) is 10.8. The summed E-state index contributed by atoms with van der Waals surface area (Å²) < 4.78 is 29.4. The van der Waals surface area contributed by atoms with Gasteiger partial charge in [0.25, 0.3) is 0 Å². The monoisotopic (exact) mass is 444 g/mol. The van der Waals surface area contributed by atoms with Crippen molar-refractivity contribution >= 4 is 36.7 Å². The zero-order valence-corrected chi connectivity index (χ0v) is 16.9. The maximum atomic E-state index is 11.7. The second kappa shape index (κ2) is 9.32. The highest BCUT2D eigenvalue weighted by Gasteiger charge is 2.41. The molecular formula is C13H23BrN2O6P2. The van der Waals surface area contributed by atoms with Crippen molar-refractivity contribution in [2.75, 3.05) is 18.6 Å². The molecular weight excluding hydrogens is 422 g/mol. The van der Waals surface area contributed by atoms with Crippen molar-refractivity contribution in [1.29, 1.82) is 0 Å². The van der Waals surface area contributed by atoms with E-state index in [1.54, 1.807) is 0 Å². The lowest BCUT2D eigenvalue weighted by molar-refractivity contribution is 0.303. The summed E-state index contributed by atoms with van der Waals surface area (Å²) in [6, 6.07) is 1.43. The molecule has 138 valence electrons. The average molecular weight is 445 g/mol. The molecule has 0 aromatic carbocycles. The molecule has 0 aliphatic heterocycles. The normalized spacial score (nSPS) is 15.6. The van der Waals surface area contributed by atoms with Crippen LogP contribution in [-0.4, -0.2) is 38.5 Å². The summed E-state index contributed by atoms with van der Waals surface area (Å²) in [5.74, 6) is 0.489. The topological polar surface area (TPSA) is 129 Å². The fraction of sp³-hybridized carbons (Fsp3) is 0.615. The van der Waals surface area contributed by atoms with E-state index in [1.165, 1.54) is 12.3 Å². The van der Waals surface area contributed by atoms with Crippen molar-refractivity contribution in [2.24, 2.45) is 0 Å². The van der Waals surface area contributed by atoms with Crippen LogP contribution < -0.4 is 10.1 Å². The Balaban J connectivity index is 2.84. The predicted octanol–water partition coefficient (Wildman–Crippen LogP) is 3.58. The maximum absolute atomic E-state index is 11.7. The van der Waals surface area contributed by atoms with Crippen LogP contribution in [0.1, 0.15) is 32.6 Å². The van der Waals surface area contributed by atoms with Crippen LogP contribution in [0.15, 0.2) is 16.7 Å². The minimum atomic E-state index is -4.84. The van der Waals surface area contributed by atoms with Gasteiger partial charge in [0.15, 0.2) is 0 Å². The summed E-state index contributed by atoms with van der Waals surface area (Å²) in [5.41, 5.74) is -1.92. The predicted molar refractivity (Wildman–Crippen MR) is 96.8 cm³/mol. The zero-order chi connectivity index (χ0) is 18.4. The number of ether oxygens (including phenoxy) is 1. The Labute approximate surface area is 149 Å². The van der Waals surface area contributed by atoms with E-state index in [-0.39, 0.29) is 5.82 Å². The van der Waals surface area contributed by atoms with E-state index in [2.05, 4.69) is 33.2 Å². The van der Waals surface area contributed by atoms with Gasteiger partial charge in [-0.2, -0.15) is 0 Å². The number of nitrogens with one attached hydrogen (secondary N) is 1. The molecule has 2 unspecified atom stereocenters. The first kappa shape index (κ1) is 21.6. The van der Waals surface area contributed by atoms with Crippen LogP contribution >= 0.6 is 30.9 Å². The van der Waals surface area contributed by atoms with Crippen molar-refractivity contribution in [2.45, 2.75) is 38.1 Å². The summed E-state index contributed by atoms with van der Waals surface area (Å²) in [5, 5.41) is 2.35. The Hall–Kier alpha value is -0.430. The molecule has 0 spiro atoms. The van der Waals surface area contributed by atoms with Gasteiger partial charge in [-0.25, -0.2) is 4.98 Å². The van der Waals surface area contributed by atoms with Crippen LogP contribution in [0.4, 0.5) is 5.82 Å². The number of hydrogen-bond donors (Lipinski definition) is 4. The lowest BCUT2D eigenvalue weighted by Crippen LogP contribution is -2.20. The number of nitrogens with zero attached hydrogens (tertiary/aromatic N) is 1. The van der Waals surface area contributed by atoms with Crippen LogP contribution in [0.5, 0.6) is 5.75 Å². The van der Waals surface area contributed by atoms with E-state index in [9.17, 15) is 23.8 Å². The van der Waals surface area contributed by atoms with Crippen molar-refractivity contribution < 1.29 is 28.5 Å². The summed E-state index contributed by atoms with van der Waals surface area (Å²) in [6.07, 6.45) is 5.58. The highest BCUT2D eigenvalue weighted by atomic mass is 79.9. The summed E-state index contributed by atoms with van der Waals surface area (Å²) >= 11 is 3.29. The van der Waals surface area contributed by atoms with Crippen LogP contribution in [0, 0.1) is 0 Å². The van der Waals surface area contributed by atoms with Crippen LogP contribution in [0.25, 0.3) is 0 Å². The molecule has 0 amide bonds. The highest BCUT2D eigenvalue weighted by molar-refractivity contribution is 9.10. The number of aromatic nitrogens is 1. The highest BCUT2D eigenvalue weighted by Crippen LogP contribution is 2.59. The largest absolute Gasteiger partial charge is 0.492 e. The van der Waals surface area contributed by atoms with Gasteiger partial charge < -0.3 is 24.7 Å². The van der Waals surface area contributed by atoms with Crippen LogP contribution in [-0.2, 0) is 9.13 Å². The minimum Gasteiger partial charge on any atom is -0.492 e. The molecule has 0 radical (unpaired) electrons. The lowest BCUT2D eigenvalue weighted by Gasteiger charge is -2.23. The number of pyridine rings is 1. The maximum Gasteiger partial charge on any atom is 0.357 e. The zero-order valence-electron chi connectivity index (χ0n) is 13.6. The second-order valence-electron chi connectivity index (χ2n) is 5.46. The van der Waals surface area contributed by atoms with Crippen LogP contribution in [0.3, 0.4) is 0 Å². The Morgan fingerprint density at radius 2 is 1.96 bits per heavy atom. The molecule has 1 heterocycles. The summed E-state index contributed by atoms with van der Waals surface area (Å²) in [6.45, 7) is 3.49. The SMILES string of the molecule is CCCCCCOc1cc(NC(P(C)(=O)O)P(=O)(O)O)ncc1Br. The van der Waals surface area contributed by atoms with Crippen molar-refractivity contribution in [3.8, 4) is 5.75 Å². The Morgan fingerprint density at radius 1 is 1.29 bits per heavy atom. The van der Waals surface area contributed by atoms with Gasteiger partial charge in [0.05, 0.1) is 11.1 Å². The van der Waals surface area contributed by atoms with E-state index in [1.807, 2.05) is 0 Å². The number of unbranched alkanes of at least 4 members (excludes halogenated alkanes) is 3. The van der Waals surface area contributed by atoms with Gasteiger partial charge in [-0.1, -0.05) is 26.2 Å². The smallest absolute Gasteiger partial charge is 0.357 e. The number of hydrogen-bond acceptors (Lipinski definition) is 5. The van der Waals surface area contributed by atoms with Gasteiger partial charge >= 0.3 is 7.60 Å². The van der Waals surface area contributed by atoms with Gasteiger partial charge in [0, 0.05) is 18.9 Å². The van der Waals surface area contributed by atoms with E-state index < -0.39 is 20.5 Å². The van der Waals surface area contributed by atoms with E-state index in [0.717, 1.165) is 32.3 Å². The van der Waals surface area contributed by atoms with Gasteiger partial charge in [0.1, 0.15) is 11.6 Å². The van der Waals surface area contributed by atoms with E-state index in [4.69, 9.17) is 4.74 Å². The Kier molecular flexibility index (Phi) is 8.39. The molecule has 8 nitrogen and oxygen atoms in total. The molecule has 1 aromatic rings. The van der Waals surface area contributed by atoms with Gasteiger partial charge in [-0.05, 0) is 22.4 Å². The fourth-order valence-electron chi connectivity index (χ4n) is 1.94. The third-order valence-electron chi connectivity index (χ3n) is 3.13. The number of anilines is 1. The molecule has 0 saturated heterocycles. The molecule has 24 heavy (non-hydrogen) atoms. The number of halogens is 1. The minimum absolute atomic E-state index is 0.0474. The molecule has 1 rings (SSSR count). The molecule has 11 heteroatoms. The first-order chi connectivity index (χ1) is 11.1. The standard InChI is InChI=1S/C13H23BrN2O6P2/c1-3-4-5-6-7-22-11-8-12(15-9-10(11)14)16-13(23(2,17)18)24(19,20)21/h8-9,13H,3-7H2,1-2H3,(H,15,16)(H,17,18)(H2,19,20,21). The molecule has 0 aliphatic carbocycles. The molecule has 0 fully saturated rings. The van der Waals surface area contributed by atoms with Gasteiger partial charge in [0.2, 0.25) is 12.9 Å². The van der Waals surface area contributed by atoms with Crippen molar-refractivity contribution in [3.63, 3.8) is 0 Å². The first-order valence-electron chi connectivity index (χ1n) is 7.45. The van der Waals surface area contributed by atoms with Crippen LogP contribution in [0.2, 0.25) is 0 Å². The average Bonchev–Trinajstić information content (AvgIpc) is 2.44. The molecule has 1 aromatic heterocycles. The third kappa shape index (κ3) is 7.21. The third-order valence-corrected chi connectivity index (χ3v) is 7.71. The Bertz CT molecular complexity index is 611. The molecule has 4 N–H and O–H groups in total. The van der Waals surface area contributed by atoms with E-state index in [0.29, 0.717) is 16.8 Å². The summed E-state index contributed by atoms with van der Waals surface area (Å²) in [4.78, 5) is 32.0. The van der Waals surface area contributed by atoms with E-state index >= 15 is 0 Å². The van der Waals surface area contributed by atoms with Gasteiger partial charge in [-0.15, -0.1) is 0 Å². The molecule has 0 bridgehead atoms. The lowest BCUT2D eigenvalue weighted by atomic mass is 10.2. The first-order valence-corrected chi connectivity index (χ1v) is 12.1. The quantitative estimate of drug-likeness (QED) is 0.318. The summed E-state index contributed by atoms with van der Waals surface area (Å²) in [7, 11) is -8.93. The Morgan fingerprint density at radius 3 is 2.50 bits per heavy atom. The van der Waals surface area contributed by atoms with Crippen molar-refractivity contribution in [3.05, 3.63) is 16.7 Å². The van der Waals surface area contributed by atoms with Gasteiger partial charge in [-0.3, -0.25) is 9.13 Å². The molecule has 0 aliphatic rings. The molecule has 0 saturated carbocycles. The molecule has 2 atom stereocenters. The fourth-order valence-corrected chi connectivity index (χ4v) is 5.17.